The fourth-order valence-electron chi connectivity index (χ4n) is 3.00. The molecule has 0 saturated heterocycles. The fourth-order valence-corrected chi connectivity index (χ4v) is 3.91. The van der Waals surface area contributed by atoms with E-state index < -0.39 is 5.60 Å². The van der Waals surface area contributed by atoms with Crippen LogP contribution in [0.3, 0.4) is 0 Å². The van der Waals surface area contributed by atoms with Crippen LogP contribution in [0.2, 0.25) is 0 Å². The van der Waals surface area contributed by atoms with Gasteiger partial charge in [0.15, 0.2) is 6.61 Å². The fraction of sp³-hybridized carbons (Fsp3) is 0.476. The summed E-state index contributed by atoms with van der Waals surface area (Å²) >= 11 is 1.53. The highest BCUT2D eigenvalue weighted by Gasteiger charge is 2.45. The Morgan fingerprint density at radius 1 is 1.23 bits per heavy atom. The number of aliphatic hydroxyl groups is 1. The van der Waals surface area contributed by atoms with Gasteiger partial charge in [-0.1, -0.05) is 39.0 Å². The highest BCUT2D eigenvalue weighted by Crippen LogP contribution is 2.46. The Kier molecular flexibility index (Phi) is 5.39. The lowest BCUT2D eigenvalue weighted by Crippen LogP contribution is -2.43. The molecule has 1 saturated carbocycles. The SMILES string of the molecule is CC(C)(C)c1ccc(OCC(=O)NCC(O)(c2cccs2)C2CC2)cc1. The third kappa shape index (κ3) is 4.46. The van der Waals surface area contributed by atoms with Gasteiger partial charge in [-0.25, -0.2) is 0 Å². The van der Waals surface area contributed by atoms with Crippen LogP contribution in [0.4, 0.5) is 0 Å². The molecule has 2 N–H and O–H groups in total. The van der Waals surface area contributed by atoms with Crippen molar-refractivity contribution in [2.75, 3.05) is 13.2 Å². The molecule has 4 nitrogen and oxygen atoms in total. The predicted molar refractivity (Wildman–Crippen MR) is 105 cm³/mol. The molecule has 1 aliphatic rings. The minimum atomic E-state index is -0.960. The van der Waals surface area contributed by atoms with E-state index in [1.165, 1.54) is 16.9 Å². The van der Waals surface area contributed by atoms with E-state index in [-0.39, 0.29) is 30.4 Å². The van der Waals surface area contributed by atoms with Crippen LogP contribution in [0.25, 0.3) is 0 Å². The van der Waals surface area contributed by atoms with E-state index in [0.29, 0.717) is 5.75 Å². The van der Waals surface area contributed by atoms with E-state index in [0.717, 1.165) is 17.7 Å². The first-order valence-electron chi connectivity index (χ1n) is 9.05. The Morgan fingerprint density at radius 2 is 1.92 bits per heavy atom. The van der Waals surface area contributed by atoms with E-state index in [9.17, 15) is 9.90 Å². The number of carbonyl (C=O) groups excluding carboxylic acids is 1. The van der Waals surface area contributed by atoms with E-state index >= 15 is 0 Å². The van der Waals surface area contributed by atoms with E-state index in [1.807, 2.05) is 41.8 Å². The molecule has 0 aliphatic heterocycles. The van der Waals surface area contributed by atoms with Gasteiger partial charge in [-0.15, -0.1) is 11.3 Å². The van der Waals surface area contributed by atoms with Crippen molar-refractivity contribution in [3.05, 3.63) is 52.2 Å². The van der Waals surface area contributed by atoms with Crippen LogP contribution in [0.1, 0.15) is 44.1 Å². The molecule has 0 radical (unpaired) electrons. The van der Waals surface area contributed by atoms with Gasteiger partial charge in [0.1, 0.15) is 11.4 Å². The second-order valence-electron chi connectivity index (χ2n) is 8.02. The van der Waals surface area contributed by atoms with Crippen molar-refractivity contribution >= 4 is 17.2 Å². The maximum atomic E-state index is 12.2. The molecule has 140 valence electrons. The molecule has 1 atom stereocenters. The Balaban J connectivity index is 1.51. The van der Waals surface area contributed by atoms with Gasteiger partial charge in [-0.2, -0.15) is 0 Å². The number of benzene rings is 1. The van der Waals surface area contributed by atoms with Crippen molar-refractivity contribution in [3.63, 3.8) is 0 Å². The monoisotopic (exact) mass is 373 g/mol. The molecule has 1 aliphatic carbocycles. The molecule has 26 heavy (non-hydrogen) atoms. The average molecular weight is 374 g/mol. The summed E-state index contributed by atoms with van der Waals surface area (Å²) < 4.78 is 5.58. The summed E-state index contributed by atoms with van der Waals surface area (Å²) in [5, 5.41) is 15.8. The maximum absolute atomic E-state index is 12.2. The van der Waals surface area contributed by atoms with Crippen LogP contribution in [-0.4, -0.2) is 24.2 Å². The van der Waals surface area contributed by atoms with Crippen LogP contribution >= 0.6 is 11.3 Å². The van der Waals surface area contributed by atoms with Gasteiger partial charge in [0, 0.05) is 4.88 Å². The largest absolute Gasteiger partial charge is 0.484 e. The Bertz CT molecular complexity index is 730. The van der Waals surface area contributed by atoms with Crippen molar-refractivity contribution in [2.45, 2.75) is 44.6 Å². The smallest absolute Gasteiger partial charge is 0.258 e. The number of hydrogen-bond acceptors (Lipinski definition) is 4. The van der Waals surface area contributed by atoms with Crippen LogP contribution < -0.4 is 10.1 Å². The third-order valence-corrected chi connectivity index (χ3v) is 5.88. The van der Waals surface area contributed by atoms with Crippen LogP contribution in [-0.2, 0) is 15.8 Å². The van der Waals surface area contributed by atoms with Crippen LogP contribution in [0.15, 0.2) is 41.8 Å². The number of thiophene rings is 1. The van der Waals surface area contributed by atoms with Gasteiger partial charge in [-0.3, -0.25) is 4.79 Å². The molecule has 1 aromatic carbocycles. The van der Waals surface area contributed by atoms with Gasteiger partial charge in [0.25, 0.3) is 5.91 Å². The van der Waals surface area contributed by atoms with Crippen molar-refractivity contribution < 1.29 is 14.6 Å². The Morgan fingerprint density at radius 3 is 2.46 bits per heavy atom. The summed E-state index contributed by atoms with van der Waals surface area (Å²) in [6, 6.07) is 11.7. The van der Waals surface area contributed by atoms with Gasteiger partial charge in [0.05, 0.1) is 6.54 Å². The summed E-state index contributed by atoms with van der Waals surface area (Å²) in [4.78, 5) is 13.1. The summed E-state index contributed by atoms with van der Waals surface area (Å²) in [5.41, 5.74) is 0.350. The first-order chi connectivity index (χ1) is 12.3. The molecule has 1 fully saturated rings. The lowest BCUT2D eigenvalue weighted by atomic mass is 9.87. The minimum Gasteiger partial charge on any atom is -0.484 e. The molecule has 3 rings (SSSR count). The molecule has 2 aromatic rings. The summed E-state index contributed by atoms with van der Waals surface area (Å²) in [6.45, 7) is 6.64. The quantitative estimate of drug-likeness (QED) is 0.775. The second-order valence-corrected chi connectivity index (χ2v) is 8.96. The number of hydrogen-bond donors (Lipinski definition) is 2. The molecular formula is C21H27NO3S. The number of ether oxygens (including phenoxy) is 1. The number of nitrogens with one attached hydrogen (secondary N) is 1. The molecule has 1 heterocycles. The third-order valence-electron chi connectivity index (χ3n) is 4.85. The number of amides is 1. The van der Waals surface area contributed by atoms with Crippen LogP contribution in [0.5, 0.6) is 5.75 Å². The molecule has 0 spiro atoms. The second kappa shape index (κ2) is 7.41. The van der Waals surface area contributed by atoms with E-state index in [2.05, 4.69) is 26.1 Å². The minimum absolute atomic E-state index is 0.0555. The van der Waals surface area contributed by atoms with Crippen molar-refractivity contribution in [1.29, 1.82) is 0 Å². The maximum Gasteiger partial charge on any atom is 0.258 e. The molecule has 1 unspecified atom stereocenters. The summed E-state index contributed by atoms with van der Waals surface area (Å²) in [7, 11) is 0. The first-order valence-corrected chi connectivity index (χ1v) is 9.93. The molecule has 5 heteroatoms. The van der Waals surface area contributed by atoms with Crippen molar-refractivity contribution in [3.8, 4) is 5.75 Å². The van der Waals surface area contributed by atoms with Gasteiger partial charge in [0.2, 0.25) is 0 Å². The highest BCUT2D eigenvalue weighted by atomic mass is 32.1. The van der Waals surface area contributed by atoms with E-state index in [1.54, 1.807) is 0 Å². The lowest BCUT2D eigenvalue weighted by Gasteiger charge is -2.27. The van der Waals surface area contributed by atoms with Gasteiger partial charge in [-0.05, 0) is 53.3 Å². The average Bonchev–Trinajstić information content (AvgIpc) is 3.32. The molecular weight excluding hydrogens is 346 g/mol. The zero-order valence-corrected chi connectivity index (χ0v) is 16.4. The molecule has 1 amide bonds. The molecule has 1 aromatic heterocycles. The summed E-state index contributed by atoms with van der Waals surface area (Å²) in [6.07, 6.45) is 2.00. The Hall–Kier alpha value is -1.85. The predicted octanol–water partition coefficient (Wildman–Crippen LogP) is 3.84. The normalized spacial score (nSPS) is 16.8. The van der Waals surface area contributed by atoms with E-state index in [4.69, 9.17) is 4.74 Å². The van der Waals surface area contributed by atoms with Gasteiger partial charge < -0.3 is 15.2 Å². The zero-order valence-electron chi connectivity index (χ0n) is 15.6. The summed E-state index contributed by atoms with van der Waals surface area (Å²) in [5.74, 6) is 0.678. The Labute approximate surface area is 159 Å². The van der Waals surface area contributed by atoms with Crippen molar-refractivity contribution in [2.24, 2.45) is 5.92 Å². The highest BCUT2D eigenvalue weighted by molar-refractivity contribution is 7.10. The van der Waals surface area contributed by atoms with Crippen LogP contribution in [0, 0.1) is 5.92 Å². The zero-order chi connectivity index (χ0) is 18.8. The number of rotatable bonds is 7. The number of carbonyl (C=O) groups is 1. The molecule has 0 bridgehead atoms. The lowest BCUT2D eigenvalue weighted by molar-refractivity contribution is -0.124. The standard InChI is InChI=1S/C21H27NO3S/c1-20(2,3)15-8-10-17(11-9-15)25-13-19(23)22-14-21(24,16-6-7-16)18-5-4-12-26-18/h4-5,8-12,16,24H,6-7,13-14H2,1-3H3,(H,22,23). The van der Waals surface area contributed by atoms with Gasteiger partial charge >= 0.3 is 0 Å². The van der Waals surface area contributed by atoms with Crippen molar-refractivity contribution in [1.82, 2.24) is 5.32 Å². The first kappa shape index (κ1) is 18.9. The topological polar surface area (TPSA) is 58.6 Å².